The number of fused-ring (bicyclic) bond motifs is 1. The van der Waals surface area contributed by atoms with Gasteiger partial charge in [-0.3, -0.25) is 10.1 Å². The van der Waals surface area contributed by atoms with Gasteiger partial charge in [0.05, 0.1) is 5.69 Å². The van der Waals surface area contributed by atoms with Gasteiger partial charge in [0.25, 0.3) is 5.91 Å². The van der Waals surface area contributed by atoms with Crippen LogP contribution < -0.4 is 15.4 Å². The van der Waals surface area contributed by atoms with Gasteiger partial charge in [-0.25, -0.2) is 4.39 Å². The number of carbonyl (C=O) groups is 1. The smallest absolute Gasteiger partial charge is 0.257 e. The zero-order valence-electron chi connectivity index (χ0n) is 19.8. The van der Waals surface area contributed by atoms with Crippen molar-refractivity contribution in [3.8, 4) is 11.4 Å². The Kier molecular flexibility index (Phi) is 6.87. The lowest BCUT2D eigenvalue weighted by Gasteiger charge is -2.12. The molecule has 0 fully saturated rings. The zero-order chi connectivity index (χ0) is 25.8. The van der Waals surface area contributed by atoms with Gasteiger partial charge >= 0.3 is 0 Å². The molecule has 5 rings (SSSR count). The molecule has 2 N–H and O–H groups in total. The van der Waals surface area contributed by atoms with Gasteiger partial charge in [-0.2, -0.15) is 4.80 Å². The molecule has 9 heteroatoms. The van der Waals surface area contributed by atoms with E-state index >= 15 is 0 Å². The van der Waals surface area contributed by atoms with E-state index in [-0.39, 0.29) is 16.8 Å². The highest BCUT2D eigenvalue weighted by Gasteiger charge is 2.13. The van der Waals surface area contributed by atoms with Crippen LogP contribution in [0, 0.1) is 12.7 Å². The second-order valence-electron chi connectivity index (χ2n) is 8.33. The maximum absolute atomic E-state index is 13.2. The summed E-state index contributed by atoms with van der Waals surface area (Å²) in [7, 11) is 0. The number of anilines is 1. The van der Waals surface area contributed by atoms with Gasteiger partial charge in [-0.1, -0.05) is 36.4 Å². The van der Waals surface area contributed by atoms with Crippen LogP contribution in [0.5, 0.6) is 5.75 Å². The maximum atomic E-state index is 13.2. The second kappa shape index (κ2) is 10.5. The largest absolute Gasteiger partial charge is 0.489 e. The summed E-state index contributed by atoms with van der Waals surface area (Å²) < 4.78 is 19.1. The minimum Gasteiger partial charge on any atom is -0.489 e. The highest BCUT2D eigenvalue weighted by molar-refractivity contribution is 7.80. The maximum Gasteiger partial charge on any atom is 0.257 e. The van der Waals surface area contributed by atoms with Crippen molar-refractivity contribution in [2.45, 2.75) is 13.5 Å². The first-order valence-corrected chi connectivity index (χ1v) is 11.9. The van der Waals surface area contributed by atoms with Crippen molar-refractivity contribution >= 4 is 40.0 Å². The third kappa shape index (κ3) is 5.79. The van der Waals surface area contributed by atoms with E-state index in [1.165, 1.54) is 16.9 Å². The van der Waals surface area contributed by atoms with Crippen molar-refractivity contribution in [1.82, 2.24) is 20.3 Å². The Labute approximate surface area is 217 Å². The molecule has 0 radical (unpaired) electrons. The minimum atomic E-state index is -0.358. The molecular formula is C28H22FN5O2S. The number of halogens is 1. The monoisotopic (exact) mass is 511 g/mol. The number of nitrogens with one attached hydrogen (secondary N) is 2. The number of hydrogen-bond acceptors (Lipinski definition) is 5. The van der Waals surface area contributed by atoms with Crippen molar-refractivity contribution in [3.05, 3.63) is 114 Å². The van der Waals surface area contributed by atoms with Crippen LogP contribution >= 0.6 is 12.2 Å². The van der Waals surface area contributed by atoms with Crippen LogP contribution in [-0.4, -0.2) is 26.0 Å². The number of aryl methyl sites for hydroxylation is 1. The van der Waals surface area contributed by atoms with Gasteiger partial charge in [-0.05, 0) is 84.9 Å². The van der Waals surface area contributed by atoms with Crippen LogP contribution in [0.15, 0.2) is 91.0 Å². The summed E-state index contributed by atoms with van der Waals surface area (Å²) in [6.07, 6.45) is 0. The Morgan fingerprint density at radius 3 is 2.43 bits per heavy atom. The summed E-state index contributed by atoms with van der Waals surface area (Å²) in [6.45, 7) is 2.30. The van der Waals surface area contributed by atoms with E-state index in [2.05, 4.69) is 20.8 Å². The average molecular weight is 512 g/mol. The number of rotatable bonds is 6. The van der Waals surface area contributed by atoms with Crippen molar-refractivity contribution in [1.29, 1.82) is 0 Å². The van der Waals surface area contributed by atoms with E-state index in [1.807, 2.05) is 43.3 Å². The predicted octanol–water partition coefficient (Wildman–Crippen LogP) is 5.57. The van der Waals surface area contributed by atoms with E-state index in [1.54, 1.807) is 42.5 Å². The molecule has 1 heterocycles. The normalized spacial score (nSPS) is 10.8. The van der Waals surface area contributed by atoms with E-state index in [0.717, 1.165) is 11.1 Å². The molecule has 0 aliphatic carbocycles. The molecule has 5 aromatic rings. The first-order chi connectivity index (χ1) is 17.9. The summed E-state index contributed by atoms with van der Waals surface area (Å²) in [5.74, 6) is -0.102. The molecule has 0 unspecified atom stereocenters. The number of carbonyl (C=O) groups excluding carboxylic acids is 1. The molecule has 1 aromatic heterocycles. The fraction of sp³-hybridized carbons (Fsp3) is 0.0714. The van der Waals surface area contributed by atoms with Gasteiger partial charge in [-0.15, -0.1) is 10.2 Å². The van der Waals surface area contributed by atoms with Crippen LogP contribution in [-0.2, 0) is 6.61 Å². The number of benzene rings is 4. The highest BCUT2D eigenvalue weighted by Crippen LogP contribution is 2.22. The number of thiocarbonyl (C=S) groups is 1. The highest BCUT2D eigenvalue weighted by atomic mass is 32.1. The summed E-state index contributed by atoms with van der Waals surface area (Å²) in [5.41, 5.74) is 4.94. The summed E-state index contributed by atoms with van der Waals surface area (Å²) in [6, 6.07) is 26.3. The molecule has 0 aliphatic rings. The Balaban J connectivity index is 1.25. The number of nitrogens with zero attached hydrogens (tertiary/aromatic N) is 3. The molecule has 0 saturated carbocycles. The van der Waals surface area contributed by atoms with Crippen molar-refractivity contribution < 1.29 is 13.9 Å². The Morgan fingerprint density at radius 1 is 0.946 bits per heavy atom. The molecule has 7 nitrogen and oxygen atoms in total. The molecule has 37 heavy (non-hydrogen) atoms. The van der Waals surface area contributed by atoms with Crippen LogP contribution in [0.1, 0.15) is 21.5 Å². The lowest BCUT2D eigenvalue weighted by molar-refractivity contribution is 0.0977. The number of amides is 1. The molecule has 0 saturated heterocycles. The topological polar surface area (TPSA) is 81.1 Å². The number of ether oxygens (including phenoxy) is 1. The van der Waals surface area contributed by atoms with Crippen LogP contribution in [0.2, 0.25) is 0 Å². The first kappa shape index (κ1) is 24.1. The Morgan fingerprint density at radius 2 is 1.68 bits per heavy atom. The molecule has 0 bridgehead atoms. The predicted molar refractivity (Wildman–Crippen MR) is 144 cm³/mol. The van der Waals surface area contributed by atoms with E-state index < -0.39 is 0 Å². The summed E-state index contributed by atoms with van der Waals surface area (Å²) in [4.78, 5) is 14.3. The van der Waals surface area contributed by atoms with E-state index in [0.29, 0.717) is 40.3 Å². The Bertz CT molecular complexity index is 1590. The van der Waals surface area contributed by atoms with Gasteiger partial charge in [0.15, 0.2) is 5.11 Å². The minimum absolute atomic E-state index is 0.147. The fourth-order valence-electron chi connectivity index (χ4n) is 3.69. The van der Waals surface area contributed by atoms with Gasteiger partial charge in [0.1, 0.15) is 29.2 Å². The van der Waals surface area contributed by atoms with Gasteiger partial charge in [0.2, 0.25) is 0 Å². The second-order valence-corrected chi connectivity index (χ2v) is 8.74. The van der Waals surface area contributed by atoms with E-state index in [9.17, 15) is 9.18 Å². The van der Waals surface area contributed by atoms with Crippen molar-refractivity contribution in [3.63, 3.8) is 0 Å². The van der Waals surface area contributed by atoms with Gasteiger partial charge in [0, 0.05) is 11.3 Å². The first-order valence-electron chi connectivity index (χ1n) is 11.5. The molecule has 184 valence electrons. The van der Waals surface area contributed by atoms with Crippen LogP contribution in [0.25, 0.3) is 16.7 Å². The fourth-order valence-corrected chi connectivity index (χ4v) is 3.89. The lowest BCUT2D eigenvalue weighted by Crippen LogP contribution is -2.34. The van der Waals surface area contributed by atoms with Crippen molar-refractivity contribution in [2.75, 3.05) is 5.32 Å². The van der Waals surface area contributed by atoms with Crippen LogP contribution in [0.3, 0.4) is 0 Å². The molecule has 1 amide bonds. The third-order valence-corrected chi connectivity index (χ3v) is 5.81. The number of aromatic nitrogens is 3. The summed E-state index contributed by atoms with van der Waals surface area (Å²) in [5, 5.41) is 14.9. The van der Waals surface area contributed by atoms with Crippen molar-refractivity contribution in [2.24, 2.45) is 0 Å². The third-order valence-electron chi connectivity index (χ3n) is 5.60. The molecule has 0 atom stereocenters. The number of hydrogen-bond donors (Lipinski definition) is 2. The molecule has 0 spiro atoms. The standard InChI is InChI=1S/C28H22FN5O2S/c1-18-14-25-26(33-34(32-25)22-12-10-21(29)11-13-22)16-24(18)30-28(37)31-27(35)20-8-5-9-23(15-20)36-17-19-6-3-2-4-7-19/h2-16H,17H2,1H3,(H2,30,31,35,37). The quantitative estimate of drug-likeness (QED) is 0.290. The van der Waals surface area contributed by atoms with Gasteiger partial charge < -0.3 is 10.1 Å². The molecule has 4 aromatic carbocycles. The average Bonchev–Trinajstić information content (AvgIpc) is 3.31. The Hall–Kier alpha value is -4.63. The molecular weight excluding hydrogens is 489 g/mol. The summed E-state index contributed by atoms with van der Waals surface area (Å²) >= 11 is 5.39. The molecule has 0 aliphatic heterocycles. The SMILES string of the molecule is Cc1cc2nn(-c3ccc(F)cc3)nc2cc1NC(=S)NC(=O)c1cccc(OCc2ccccc2)c1. The van der Waals surface area contributed by atoms with Crippen LogP contribution in [0.4, 0.5) is 10.1 Å². The zero-order valence-corrected chi connectivity index (χ0v) is 20.6. The lowest BCUT2D eigenvalue weighted by atomic mass is 10.2. The van der Waals surface area contributed by atoms with E-state index in [4.69, 9.17) is 17.0 Å².